The molecule has 1 aromatic rings. The molecule has 2 rings (SSSR count). The Morgan fingerprint density at radius 2 is 2.42 bits per heavy atom. The highest BCUT2D eigenvalue weighted by atomic mass is 16.5. The molecule has 1 aliphatic heterocycles. The summed E-state index contributed by atoms with van der Waals surface area (Å²) in [4.78, 5) is 21.8. The fourth-order valence-electron chi connectivity index (χ4n) is 2.00. The zero-order valence-corrected chi connectivity index (χ0v) is 11.3. The molecule has 0 aromatic carbocycles. The van der Waals surface area contributed by atoms with Gasteiger partial charge in [0.05, 0.1) is 6.54 Å². The van der Waals surface area contributed by atoms with E-state index in [9.17, 15) is 4.79 Å². The molecule has 0 N–H and O–H groups in total. The van der Waals surface area contributed by atoms with Crippen molar-refractivity contribution < 1.29 is 14.3 Å². The van der Waals surface area contributed by atoms with Crippen LogP contribution in [0.1, 0.15) is 19.2 Å². The van der Waals surface area contributed by atoms with E-state index in [-0.39, 0.29) is 18.6 Å². The molecule has 19 heavy (non-hydrogen) atoms. The number of ether oxygens (including phenoxy) is 2. The number of aromatic nitrogens is 2. The molecule has 6 heteroatoms. The maximum Gasteiger partial charge on any atom is 0.248 e. The van der Waals surface area contributed by atoms with Gasteiger partial charge < -0.3 is 14.4 Å². The lowest BCUT2D eigenvalue weighted by atomic mass is 10.3. The maximum atomic E-state index is 11.8. The molecule has 1 saturated heterocycles. The average molecular weight is 265 g/mol. The summed E-state index contributed by atoms with van der Waals surface area (Å²) in [5.41, 5.74) is 0. The highest BCUT2D eigenvalue weighted by molar-refractivity contribution is 5.77. The number of hydrogen-bond acceptors (Lipinski definition) is 5. The molecular formula is C13H19N3O3. The van der Waals surface area contributed by atoms with E-state index in [0.717, 1.165) is 6.42 Å². The standard InChI is InChI=1S/C13H19N3O3/c1-3-18-9-13(17)16-7-5-11(8-16)19-12-4-6-14-10(2)15-12/h4,6,11H,3,5,7-9H2,1-2H3. The molecule has 6 nitrogen and oxygen atoms in total. The van der Waals surface area contributed by atoms with E-state index in [1.165, 1.54) is 0 Å². The third-order valence-corrected chi connectivity index (χ3v) is 2.97. The van der Waals surface area contributed by atoms with Crippen molar-refractivity contribution in [2.75, 3.05) is 26.3 Å². The van der Waals surface area contributed by atoms with Crippen LogP contribution >= 0.6 is 0 Å². The Bertz CT molecular complexity index is 439. The van der Waals surface area contributed by atoms with Crippen molar-refractivity contribution in [3.63, 3.8) is 0 Å². The summed E-state index contributed by atoms with van der Waals surface area (Å²) < 4.78 is 10.9. The normalized spacial score (nSPS) is 18.6. The smallest absolute Gasteiger partial charge is 0.248 e. The van der Waals surface area contributed by atoms with Gasteiger partial charge in [-0.05, 0) is 13.8 Å². The van der Waals surface area contributed by atoms with Crippen LogP contribution < -0.4 is 4.74 Å². The van der Waals surface area contributed by atoms with Crippen molar-refractivity contribution in [1.82, 2.24) is 14.9 Å². The number of likely N-dealkylation sites (tertiary alicyclic amines) is 1. The second-order valence-corrected chi connectivity index (χ2v) is 4.45. The first-order chi connectivity index (χ1) is 9.19. The summed E-state index contributed by atoms with van der Waals surface area (Å²) in [6, 6.07) is 1.73. The minimum atomic E-state index is -0.000114. The van der Waals surface area contributed by atoms with Crippen LogP contribution in [-0.4, -0.2) is 53.2 Å². The van der Waals surface area contributed by atoms with Crippen molar-refractivity contribution in [1.29, 1.82) is 0 Å². The molecule has 1 fully saturated rings. The van der Waals surface area contributed by atoms with E-state index in [1.807, 2.05) is 13.8 Å². The van der Waals surface area contributed by atoms with E-state index >= 15 is 0 Å². The second-order valence-electron chi connectivity index (χ2n) is 4.45. The van der Waals surface area contributed by atoms with Gasteiger partial charge in [-0.25, -0.2) is 4.98 Å². The van der Waals surface area contributed by atoms with Crippen LogP contribution in [0.4, 0.5) is 0 Å². The number of rotatable bonds is 5. The van der Waals surface area contributed by atoms with Crippen molar-refractivity contribution in [3.8, 4) is 5.88 Å². The average Bonchev–Trinajstić information content (AvgIpc) is 2.84. The van der Waals surface area contributed by atoms with Crippen LogP contribution in [0.15, 0.2) is 12.3 Å². The molecule has 0 bridgehead atoms. The van der Waals surface area contributed by atoms with Gasteiger partial charge in [0.2, 0.25) is 11.8 Å². The monoisotopic (exact) mass is 265 g/mol. The van der Waals surface area contributed by atoms with Gasteiger partial charge in [0.1, 0.15) is 18.5 Å². The summed E-state index contributed by atoms with van der Waals surface area (Å²) in [6.07, 6.45) is 2.49. The zero-order chi connectivity index (χ0) is 13.7. The van der Waals surface area contributed by atoms with Crippen LogP contribution in [0.2, 0.25) is 0 Å². The van der Waals surface area contributed by atoms with Crippen molar-refractivity contribution in [3.05, 3.63) is 18.1 Å². The third kappa shape index (κ3) is 3.89. The molecule has 104 valence electrons. The Labute approximate surface area is 112 Å². The fraction of sp³-hybridized carbons (Fsp3) is 0.615. The van der Waals surface area contributed by atoms with Crippen molar-refractivity contribution in [2.24, 2.45) is 0 Å². The molecular weight excluding hydrogens is 246 g/mol. The van der Waals surface area contributed by atoms with Crippen LogP contribution in [-0.2, 0) is 9.53 Å². The van der Waals surface area contributed by atoms with E-state index in [2.05, 4.69) is 9.97 Å². The molecule has 1 amide bonds. The molecule has 1 atom stereocenters. The molecule has 0 saturated carbocycles. The number of nitrogens with zero attached hydrogens (tertiary/aromatic N) is 3. The summed E-state index contributed by atoms with van der Waals surface area (Å²) >= 11 is 0. The quantitative estimate of drug-likeness (QED) is 0.788. The highest BCUT2D eigenvalue weighted by Crippen LogP contribution is 2.16. The first kappa shape index (κ1) is 13.7. The number of hydrogen-bond donors (Lipinski definition) is 0. The molecule has 0 radical (unpaired) electrons. The number of carbonyl (C=O) groups is 1. The first-order valence-electron chi connectivity index (χ1n) is 6.51. The van der Waals surface area contributed by atoms with Gasteiger partial charge >= 0.3 is 0 Å². The highest BCUT2D eigenvalue weighted by Gasteiger charge is 2.27. The first-order valence-corrected chi connectivity index (χ1v) is 6.51. The van der Waals surface area contributed by atoms with Crippen molar-refractivity contribution >= 4 is 5.91 Å². The molecule has 1 unspecified atom stereocenters. The Balaban J connectivity index is 1.83. The number of aryl methyl sites for hydroxylation is 1. The molecule has 1 aliphatic rings. The van der Waals surface area contributed by atoms with Crippen LogP contribution in [0.3, 0.4) is 0 Å². The van der Waals surface area contributed by atoms with E-state index in [0.29, 0.717) is 31.4 Å². The van der Waals surface area contributed by atoms with Crippen LogP contribution in [0.5, 0.6) is 5.88 Å². The fourth-order valence-corrected chi connectivity index (χ4v) is 2.00. The van der Waals surface area contributed by atoms with Gasteiger partial charge in [-0.2, -0.15) is 4.98 Å². The molecule has 0 spiro atoms. The summed E-state index contributed by atoms with van der Waals surface area (Å²) in [5, 5.41) is 0. The van der Waals surface area contributed by atoms with Gasteiger partial charge in [0.25, 0.3) is 0 Å². The Morgan fingerprint density at radius 3 is 3.16 bits per heavy atom. The Hall–Kier alpha value is -1.69. The summed E-state index contributed by atoms with van der Waals surface area (Å²) in [5.74, 6) is 1.27. The van der Waals surface area contributed by atoms with Crippen LogP contribution in [0, 0.1) is 6.92 Å². The van der Waals surface area contributed by atoms with Gasteiger partial charge in [-0.3, -0.25) is 4.79 Å². The number of carbonyl (C=O) groups excluding carboxylic acids is 1. The van der Waals surface area contributed by atoms with Crippen molar-refractivity contribution in [2.45, 2.75) is 26.4 Å². The van der Waals surface area contributed by atoms with E-state index < -0.39 is 0 Å². The predicted molar refractivity (Wildman–Crippen MR) is 68.9 cm³/mol. The maximum absolute atomic E-state index is 11.8. The minimum Gasteiger partial charge on any atom is -0.472 e. The zero-order valence-electron chi connectivity index (χ0n) is 11.3. The van der Waals surface area contributed by atoms with Crippen LogP contribution in [0.25, 0.3) is 0 Å². The number of amides is 1. The van der Waals surface area contributed by atoms with E-state index in [1.54, 1.807) is 17.2 Å². The second kappa shape index (κ2) is 6.47. The van der Waals surface area contributed by atoms with Gasteiger partial charge in [-0.1, -0.05) is 0 Å². The minimum absolute atomic E-state index is 0.000114. The Morgan fingerprint density at radius 1 is 1.58 bits per heavy atom. The summed E-state index contributed by atoms with van der Waals surface area (Å²) in [7, 11) is 0. The third-order valence-electron chi connectivity index (χ3n) is 2.97. The van der Waals surface area contributed by atoms with Gasteiger partial charge in [0, 0.05) is 31.8 Å². The largest absolute Gasteiger partial charge is 0.472 e. The molecule has 1 aromatic heterocycles. The predicted octanol–water partition coefficient (Wildman–Crippen LogP) is 0.801. The van der Waals surface area contributed by atoms with Gasteiger partial charge in [-0.15, -0.1) is 0 Å². The Kier molecular flexibility index (Phi) is 4.68. The lowest BCUT2D eigenvalue weighted by molar-refractivity contribution is -0.135. The SMILES string of the molecule is CCOCC(=O)N1CCC(Oc2ccnc(C)n2)C1. The summed E-state index contributed by atoms with van der Waals surface area (Å²) in [6.45, 7) is 5.70. The lowest BCUT2D eigenvalue weighted by Gasteiger charge is -2.16. The van der Waals surface area contributed by atoms with E-state index in [4.69, 9.17) is 9.47 Å². The molecule has 0 aliphatic carbocycles. The lowest BCUT2D eigenvalue weighted by Crippen LogP contribution is -2.33. The molecule has 2 heterocycles. The van der Waals surface area contributed by atoms with Gasteiger partial charge in [0.15, 0.2) is 0 Å². The topological polar surface area (TPSA) is 64.5 Å².